The van der Waals surface area contributed by atoms with Crippen molar-refractivity contribution in [1.29, 1.82) is 0 Å². The number of aromatic nitrogens is 2. The van der Waals surface area contributed by atoms with Crippen LogP contribution in [0.25, 0.3) is 11.5 Å². The van der Waals surface area contributed by atoms with Crippen LogP contribution in [0, 0.1) is 0 Å². The summed E-state index contributed by atoms with van der Waals surface area (Å²) in [6.07, 6.45) is 0. The van der Waals surface area contributed by atoms with E-state index in [1.807, 2.05) is 0 Å². The van der Waals surface area contributed by atoms with Crippen molar-refractivity contribution < 1.29 is 4.52 Å². The van der Waals surface area contributed by atoms with Gasteiger partial charge >= 0.3 is 0 Å². The normalized spacial score (nSPS) is 16.6. The molecule has 1 aliphatic heterocycles. The van der Waals surface area contributed by atoms with Crippen LogP contribution in [0.1, 0.15) is 0 Å². The Morgan fingerprint density at radius 1 is 1.25 bits per heavy atom. The summed E-state index contributed by atoms with van der Waals surface area (Å²) in [4.78, 5) is 8.80. The standard InChI is InChI=1S/C13H16ClN5O/c1-18-4-6-19(7-5-18)13-16-12(20-17-13)10-8-9(15)2-3-11(10)14/h2-3,8H,4-7,15H2,1H3. The highest BCUT2D eigenvalue weighted by Crippen LogP contribution is 2.29. The molecule has 2 N–H and O–H groups in total. The Labute approximate surface area is 122 Å². The van der Waals surface area contributed by atoms with Gasteiger partial charge in [0.1, 0.15) is 0 Å². The monoisotopic (exact) mass is 293 g/mol. The van der Waals surface area contributed by atoms with Gasteiger partial charge in [-0.25, -0.2) is 0 Å². The van der Waals surface area contributed by atoms with E-state index in [1.165, 1.54) is 0 Å². The summed E-state index contributed by atoms with van der Waals surface area (Å²) in [6.45, 7) is 3.76. The summed E-state index contributed by atoms with van der Waals surface area (Å²) >= 11 is 6.14. The van der Waals surface area contributed by atoms with Crippen LogP contribution in [0.3, 0.4) is 0 Å². The third-order valence-electron chi connectivity index (χ3n) is 3.42. The van der Waals surface area contributed by atoms with Gasteiger partial charge in [0.15, 0.2) is 0 Å². The zero-order valence-corrected chi connectivity index (χ0v) is 12.0. The second-order valence-corrected chi connectivity index (χ2v) is 5.34. The predicted molar refractivity (Wildman–Crippen MR) is 78.9 cm³/mol. The maximum absolute atomic E-state index is 6.14. The molecule has 1 fully saturated rings. The average molecular weight is 294 g/mol. The van der Waals surface area contributed by atoms with E-state index in [0.717, 1.165) is 26.2 Å². The molecule has 1 aromatic heterocycles. The fraction of sp³-hybridized carbons (Fsp3) is 0.385. The lowest BCUT2D eigenvalue weighted by Crippen LogP contribution is -2.44. The highest BCUT2D eigenvalue weighted by molar-refractivity contribution is 6.33. The number of likely N-dealkylation sites (N-methyl/N-ethyl adjacent to an activating group) is 1. The van der Waals surface area contributed by atoms with Crippen molar-refractivity contribution in [2.75, 3.05) is 43.9 Å². The third-order valence-corrected chi connectivity index (χ3v) is 3.75. The second-order valence-electron chi connectivity index (χ2n) is 4.93. The number of hydrogen-bond donors (Lipinski definition) is 1. The number of halogens is 1. The lowest BCUT2D eigenvalue weighted by Gasteiger charge is -2.31. The largest absolute Gasteiger partial charge is 0.399 e. The minimum absolute atomic E-state index is 0.399. The molecule has 0 bridgehead atoms. The minimum Gasteiger partial charge on any atom is -0.399 e. The van der Waals surface area contributed by atoms with E-state index in [2.05, 4.69) is 27.0 Å². The highest BCUT2D eigenvalue weighted by Gasteiger charge is 2.20. The van der Waals surface area contributed by atoms with Gasteiger partial charge in [-0.1, -0.05) is 11.6 Å². The lowest BCUT2D eigenvalue weighted by molar-refractivity contribution is 0.309. The Bertz CT molecular complexity index is 607. The van der Waals surface area contributed by atoms with Gasteiger partial charge in [-0.05, 0) is 30.4 Å². The minimum atomic E-state index is 0.399. The molecule has 0 spiro atoms. The first-order valence-electron chi connectivity index (χ1n) is 6.46. The summed E-state index contributed by atoms with van der Waals surface area (Å²) in [7, 11) is 2.10. The van der Waals surface area contributed by atoms with E-state index in [1.54, 1.807) is 18.2 Å². The molecule has 0 unspecified atom stereocenters. The van der Waals surface area contributed by atoms with Crippen molar-refractivity contribution in [2.24, 2.45) is 0 Å². The first-order chi connectivity index (χ1) is 9.63. The van der Waals surface area contributed by atoms with E-state index in [9.17, 15) is 0 Å². The summed E-state index contributed by atoms with van der Waals surface area (Å²) in [5, 5.41) is 4.58. The third kappa shape index (κ3) is 2.57. The van der Waals surface area contributed by atoms with Crippen molar-refractivity contribution in [3.63, 3.8) is 0 Å². The van der Waals surface area contributed by atoms with Crippen molar-refractivity contribution in [1.82, 2.24) is 15.0 Å². The number of nitrogen functional groups attached to an aromatic ring is 1. The summed E-state index contributed by atoms with van der Waals surface area (Å²) in [5.74, 6) is 1.00. The van der Waals surface area contributed by atoms with E-state index < -0.39 is 0 Å². The van der Waals surface area contributed by atoms with Gasteiger partial charge in [-0.3, -0.25) is 0 Å². The van der Waals surface area contributed by atoms with Crippen LogP contribution in [0.5, 0.6) is 0 Å². The maximum Gasteiger partial charge on any atom is 0.266 e. The Hall–Kier alpha value is -1.79. The summed E-state index contributed by atoms with van der Waals surface area (Å²) < 4.78 is 5.31. The lowest BCUT2D eigenvalue weighted by atomic mass is 10.2. The van der Waals surface area contributed by atoms with Gasteiger partial charge in [-0.2, -0.15) is 4.98 Å². The molecule has 1 saturated heterocycles. The number of hydrogen-bond acceptors (Lipinski definition) is 6. The Balaban J connectivity index is 1.85. The number of nitrogens with two attached hydrogens (primary N) is 1. The molecule has 0 saturated carbocycles. The number of piperazine rings is 1. The Morgan fingerprint density at radius 2 is 2.00 bits per heavy atom. The summed E-state index contributed by atoms with van der Waals surface area (Å²) in [6, 6.07) is 5.21. The van der Waals surface area contributed by atoms with Crippen LogP contribution < -0.4 is 10.6 Å². The Morgan fingerprint density at radius 3 is 2.75 bits per heavy atom. The first-order valence-corrected chi connectivity index (χ1v) is 6.84. The van der Waals surface area contributed by atoms with Crippen LogP contribution in [0.4, 0.5) is 11.6 Å². The van der Waals surface area contributed by atoms with E-state index in [0.29, 0.717) is 28.1 Å². The van der Waals surface area contributed by atoms with Crippen molar-refractivity contribution in [2.45, 2.75) is 0 Å². The van der Waals surface area contributed by atoms with E-state index in [4.69, 9.17) is 21.9 Å². The molecule has 1 aliphatic rings. The SMILES string of the molecule is CN1CCN(c2noc(-c3cc(N)ccc3Cl)n2)CC1. The average Bonchev–Trinajstić information content (AvgIpc) is 2.92. The van der Waals surface area contributed by atoms with Crippen LogP contribution >= 0.6 is 11.6 Å². The summed E-state index contributed by atoms with van der Waals surface area (Å²) in [5.41, 5.74) is 7.05. The van der Waals surface area contributed by atoms with Crippen LogP contribution in [0.2, 0.25) is 5.02 Å². The quantitative estimate of drug-likeness (QED) is 0.850. The molecule has 0 aliphatic carbocycles. The second kappa shape index (κ2) is 5.30. The van der Waals surface area contributed by atoms with Gasteiger partial charge in [0.05, 0.1) is 10.6 Å². The van der Waals surface area contributed by atoms with Gasteiger partial charge in [0.2, 0.25) is 0 Å². The Kier molecular flexibility index (Phi) is 3.50. The van der Waals surface area contributed by atoms with Crippen LogP contribution in [-0.2, 0) is 0 Å². The van der Waals surface area contributed by atoms with Crippen molar-refractivity contribution >= 4 is 23.2 Å². The van der Waals surface area contributed by atoms with Crippen molar-refractivity contribution in [3.05, 3.63) is 23.2 Å². The fourth-order valence-electron chi connectivity index (χ4n) is 2.17. The molecule has 20 heavy (non-hydrogen) atoms. The molecule has 0 atom stereocenters. The number of benzene rings is 1. The first kappa shape index (κ1) is 13.2. The molecule has 6 nitrogen and oxygen atoms in total. The number of anilines is 2. The molecule has 2 heterocycles. The molecular weight excluding hydrogens is 278 g/mol. The smallest absolute Gasteiger partial charge is 0.266 e. The highest BCUT2D eigenvalue weighted by atomic mass is 35.5. The van der Waals surface area contributed by atoms with Gasteiger partial charge in [0.25, 0.3) is 11.8 Å². The van der Waals surface area contributed by atoms with Crippen LogP contribution in [0.15, 0.2) is 22.7 Å². The zero-order valence-electron chi connectivity index (χ0n) is 11.2. The van der Waals surface area contributed by atoms with Gasteiger partial charge < -0.3 is 20.1 Å². The molecular formula is C13H16ClN5O. The molecule has 106 valence electrons. The molecule has 3 rings (SSSR count). The molecule has 2 aromatic rings. The molecule has 1 aromatic carbocycles. The topological polar surface area (TPSA) is 71.4 Å². The molecule has 0 radical (unpaired) electrons. The van der Waals surface area contributed by atoms with Crippen LogP contribution in [-0.4, -0.2) is 48.3 Å². The van der Waals surface area contributed by atoms with E-state index >= 15 is 0 Å². The zero-order chi connectivity index (χ0) is 14.1. The number of nitrogens with zero attached hydrogens (tertiary/aromatic N) is 4. The van der Waals surface area contributed by atoms with Crippen molar-refractivity contribution in [3.8, 4) is 11.5 Å². The van der Waals surface area contributed by atoms with Gasteiger partial charge in [0, 0.05) is 31.9 Å². The van der Waals surface area contributed by atoms with E-state index in [-0.39, 0.29) is 0 Å². The predicted octanol–water partition coefficient (Wildman–Crippen LogP) is 1.72. The molecule has 0 amide bonds. The molecule has 7 heteroatoms. The number of rotatable bonds is 2. The maximum atomic E-state index is 6.14. The van der Waals surface area contributed by atoms with Gasteiger partial charge in [-0.15, -0.1) is 0 Å². The fourth-order valence-corrected chi connectivity index (χ4v) is 2.37.